The third kappa shape index (κ3) is 2.05. The quantitative estimate of drug-likeness (QED) is 0.726. The molecule has 0 N–H and O–H groups in total. The SMILES string of the molecule is CC1CCOC1C(Br)c1csc2ccccc12. The first-order chi connectivity index (χ1) is 8.27. The maximum atomic E-state index is 5.86. The third-order valence-electron chi connectivity index (χ3n) is 3.54. The molecule has 0 bridgehead atoms. The zero-order valence-corrected chi connectivity index (χ0v) is 12.1. The summed E-state index contributed by atoms with van der Waals surface area (Å²) in [4.78, 5) is 0.316. The van der Waals surface area contributed by atoms with E-state index in [0.29, 0.717) is 16.8 Å². The summed E-state index contributed by atoms with van der Waals surface area (Å²) in [6, 6.07) is 8.59. The lowest BCUT2D eigenvalue weighted by molar-refractivity contribution is 0.0938. The van der Waals surface area contributed by atoms with Gasteiger partial charge in [-0.2, -0.15) is 0 Å². The van der Waals surface area contributed by atoms with E-state index in [0.717, 1.165) is 6.61 Å². The van der Waals surface area contributed by atoms with Crippen LogP contribution in [0.5, 0.6) is 0 Å². The molecule has 1 aliphatic rings. The lowest BCUT2D eigenvalue weighted by Crippen LogP contribution is -2.18. The molecule has 0 aliphatic carbocycles. The van der Waals surface area contributed by atoms with Crippen LogP contribution in [0.3, 0.4) is 0 Å². The summed E-state index contributed by atoms with van der Waals surface area (Å²) in [5.41, 5.74) is 1.38. The standard InChI is InChI=1S/C14H15BrOS/c1-9-6-7-16-14(9)13(15)11-8-17-12-5-3-2-4-10(11)12/h2-5,8-9,13-14H,6-7H2,1H3. The Bertz CT molecular complexity index is 522. The van der Waals surface area contributed by atoms with E-state index in [2.05, 4.69) is 52.5 Å². The Morgan fingerprint density at radius 1 is 1.41 bits per heavy atom. The molecule has 3 rings (SSSR count). The van der Waals surface area contributed by atoms with Crippen LogP contribution >= 0.6 is 27.3 Å². The van der Waals surface area contributed by atoms with Crippen LogP contribution in [0.4, 0.5) is 0 Å². The van der Waals surface area contributed by atoms with Gasteiger partial charge in [0.05, 0.1) is 10.9 Å². The van der Waals surface area contributed by atoms with Gasteiger partial charge in [0.1, 0.15) is 0 Å². The van der Waals surface area contributed by atoms with Gasteiger partial charge in [0.15, 0.2) is 0 Å². The predicted octanol–water partition coefficient (Wildman–Crippen LogP) is 4.76. The van der Waals surface area contributed by atoms with Crippen LogP contribution in [0, 0.1) is 5.92 Å². The van der Waals surface area contributed by atoms with Crippen LogP contribution in [0.1, 0.15) is 23.7 Å². The van der Waals surface area contributed by atoms with Crippen LogP contribution in [0.2, 0.25) is 0 Å². The molecule has 0 amide bonds. The summed E-state index contributed by atoms with van der Waals surface area (Å²) in [6.45, 7) is 3.18. The highest BCUT2D eigenvalue weighted by Crippen LogP contribution is 2.41. The first-order valence-electron chi connectivity index (χ1n) is 5.99. The maximum absolute atomic E-state index is 5.86. The number of hydrogen-bond acceptors (Lipinski definition) is 2. The fraction of sp³-hybridized carbons (Fsp3) is 0.429. The van der Waals surface area contributed by atoms with Crippen molar-refractivity contribution in [3.8, 4) is 0 Å². The number of alkyl halides is 1. The van der Waals surface area contributed by atoms with E-state index in [-0.39, 0.29) is 0 Å². The fourth-order valence-electron chi connectivity index (χ4n) is 2.48. The minimum atomic E-state index is 0.313. The van der Waals surface area contributed by atoms with E-state index in [9.17, 15) is 0 Å². The van der Waals surface area contributed by atoms with E-state index in [1.807, 2.05) is 11.3 Å². The summed E-state index contributed by atoms with van der Waals surface area (Å²) in [5, 5.41) is 3.63. The van der Waals surface area contributed by atoms with Gasteiger partial charge < -0.3 is 4.74 Å². The summed E-state index contributed by atoms with van der Waals surface area (Å²) in [5.74, 6) is 0.637. The van der Waals surface area contributed by atoms with Crippen molar-refractivity contribution in [1.29, 1.82) is 0 Å². The van der Waals surface area contributed by atoms with Gasteiger partial charge in [0.25, 0.3) is 0 Å². The van der Waals surface area contributed by atoms with Gasteiger partial charge in [-0.1, -0.05) is 41.1 Å². The first kappa shape index (κ1) is 11.7. The Labute approximate surface area is 114 Å². The third-order valence-corrected chi connectivity index (χ3v) is 5.54. The highest BCUT2D eigenvalue weighted by atomic mass is 79.9. The van der Waals surface area contributed by atoms with E-state index in [1.54, 1.807) is 0 Å². The Kier molecular flexibility index (Phi) is 3.24. The second-order valence-corrected chi connectivity index (χ2v) is 6.59. The topological polar surface area (TPSA) is 9.23 Å². The number of rotatable bonds is 2. The van der Waals surface area contributed by atoms with Crippen molar-refractivity contribution in [2.45, 2.75) is 24.3 Å². The van der Waals surface area contributed by atoms with Gasteiger partial charge in [0.2, 0.25) is 0 Å². The van der Waals surface area contributed by atoms with Crippen LogP contribution in [-0.2, 0) is 4.74 Å². The second kappa shape index (κ2) is 4.71. The van der Waals surface area contributed by atoms with Crippen LogP contribution < -0.4 is 0 Å². The maximum Gasteiger partial charge on any atom is 0.0767 e. The molecule has 3 atom stereocenters. The van der Waals surface area contributed by atoms with Crippen molar-refractivity contribution < 1.29 is 4.74 Å². The largest absolute Gasteiger partial charge is 0.376 e. The highest BCUT2D eigenvalue weighted by molar-refractivity contribution is 9.09. The van der Waals surface area contributed by atoms with Crippen molar-refractivity contribution in [2.75, 3.05) is 6.61 Å². The molecule has 1 aliphatic heterocycles. The Morgan fingerprint density at radius 2 is 2.24 bits per heavy atom. The second-order valence-electron chi connectivity index (χ2n) is 4.69. The van der Waals surface area contributed by atoms with Gasteiger partial charge in [-0.3, -0.25) is 0 Å². The molecule has 1 saturated heterocycles. The van der Waals surface area contributed by atoms with Gasteiger partial charge in [-0.25, -0.2) is 0 Å². The van der Waals surface area contributed by atoms with Gasteiger partial charge in [-0.05, 0) is 34.7 Å². The number of fused-ring (bicyclic) bond motifs is 1. The fourth-order valence-corrected chi connectivity index (χ4v) is 4.71. The lowest BCUT2D eigenvalue weighted by Gasteiger charge is -2.20. The van der Waals surface area contributed by atoms with Crippen molar-refractivity contribution >= 4 is 37.4 Å². The molecule has 0 spiro atoms. The summed E-state index contributed by atoms with van der Waals surface area (Å²) in [6.07, 6.45) is 1.49. The summed E-state index contributed by atoms with van der Waals surface area (Å²) >= 11 is 5.65. The molecule has 2 aromatic rings. The molecule has 1 fully saturated rings. The molecule has 3 unspecified atom stereocenters. The molecule has 1 nitrogen and oxygen atoms in total. The molecule has 0 saturated carbocycles. The van der Waals surface area contributed by atoms with Gasteiger partial charge in [0, 0.05) is 11.3 Å². The van der Waals surface area contributed by atoms with E-state index in [4.69, 9.17) is 4.74 Å². The molecule has 17 heavy (non-hydrogen) atoms. The number of ether oxygens (including phenoxy) is 1. The number of halogens is 1. The van der Waals surface area contributed by atoms with Crippen molar-refractivity contribution in [2.24, 2.45) is 5.92 Å². The van der Waals surface area contributed by atoms with Crippen LogP contribution in [0.25, 0.3) is 10.1 Å². The smallest absolute Gasteiger partial charge is 0.0767 e. The summed E-state index contributed by atoms with van der Waals surface area (Å²) in [7, 11) is 0. The van der Waals surface area contributed by atoms with Crippen molar-refractivity contribution in [3.05, 3.63) is 35.2 Å². The molecule has 3 heteroatoms. The number of thiophene rings is 1. The van der Waals surface area contributed by atoms with E-state index >= 15 is 0 Å². The molecule has 90 valence electrons. The predicted molar refractivity (Wildman–Crippen MR) is 77.0 cm³/mol. The van der Waals surface area contributed by atoms with Gasteiger partial charge in [-0.15, -0.1) is 11.3 Å². The minimum absolute atomic E-state index is 0.313. The van der Waals surface area contributed by atoms with Crippen LogP contribution in [-0.4, -0.2) is 12.7 Å². The minimum Gasteiger partial charge on any atom is -0.376 e. The number of hydrogen-bond donors (Lipinski definition) is 0. The summed E-state index contributed by atoms with van der Waals surface area (Å²) < 4.78 is 7.22. The first-order valence-corrected chi connectivity index (χ1v) is 7.78. The molecular weight excluding hydrogens is 296 g/mol. The molecule has 1 aromatic heterocycles. The van der Waals surface area contributed by atoms with E-state index in [1.165, 1.54) is 22.1 Å². The average Bonchev–Trinajstić information content (AvgIpc) is 2.94. The Hall–Kier alpha value is -0.380. The molecule has 1 aromatic carbocycles. The van der Waals surface area contributed by atoms with Crippen molar-refractivity contribution in [3.63, 3.8) is 0 Å². The van der Waals surface area contributed by atoms with Crippen LogP contribution in [0.15, 0.2) is 29.6 Å². The highest BCUT2D eigenvalue weighted by Gasteiger charge is 2.32. The average molecular weight is 311 g/mol. The Morgan fingerprint density at radius 3 is 3.00 bits per heavy atom. The monoisotopic (exact) mass is 310 g/mol. The zero-order valence-electron chi connectivity index (χ0n) is 9.73. The van der Waals surface area contributed by atoms with E-state index < -0.39 is 0 Å². The lowest BCUT2D eigenvalue weighted by atomic mass is 9.97. The van der Waals surface area contributed by atoms with Gasteiger partial charge >= 0.3 is 0 Å². The molecule has 2 heterocycles. The van der Waals surface area contributed by atoms with Crippen molar-refractivity contribution in [1.82, 2.24) is 0 Å². The zero-order chi connectivity index (χ0) is 11.8. The molecule has 0 radical (unpaired) electrons. The normalized spacial score (nSPS) is 26.5. The number of benzene rings is 1. The molecular formula is C14H15BrOS. The Balaban J connectivity index is 1.98.